The molecular weight excluding hydrogens is 136 g/mol. The van der Waals surface area contributed by atoms with Gasteiger partial charge in [-0.05, 0) is 30.8 Å². The van der Waals surface area contributed by atoms with Gasteiger partial charge in [-0.3, -0.25) is 0 Å². The minimum absolute atomic E-state index is 0.367. The summed E-state index contributed by atoms with van der Waals surface area (Å²) in [5.41, 5.74) is 1.40. The average molecular weight is 154 g/mol. The van der Waals surface area contributed by atoms with E-state index in [4.69, 9.17) is 4.74 Å². The van der Waals surface area contributed by atoms with Crippen LogP contribution < -0.4 is 0 Å². The largest absolute Gasteiger partial charge is 0.377 e. The van der Waals surface area contributed by atoms with E-state index < -0.39 is 0 Å². The zero-order valence-electron chi connectivity index (χ0n) is 7.92. The molecule has 0 saturated carbocycles. The fourth-order valence-corrected chi connectivity index (χ4v) is 2.19. The van der Waals surface area contributed by atoms with Gasteiger partial charge < -0.3 is 4.74 Å². The second-order valence-corrected chi connectivity index (χ2v) is 3.76. The highest BCUT2D eigenvalue weighted by Gasteiger charge is 2.24. The molecular formula is C10H18O. The summed E-state index contributed by atoms with van der Waals surface area (Å²) in [7, 11) is 1.80. The summed E-state index contributed by atoms with van der Waals surface area (Å²) >= 11 is 0. The predicted octanol–water partition coefficient (Wildman–Crippen LogP) is 2.62. The smallest absolute Gasteiger partial charge is 0.0804 e. The molecule has 1 aliphatic carbocycles. The summed E-state index contributed by atoms with van der Waals surface area (Å²) in [6.07, 6.45) is 3.95. The normalized spacial score (nSPS) is 38.5. The van der Waals surface area contributed by atoms with Crippen molar-refractivity contribution in [2.45, 2.75) is 33.3 Å². The quantitative estimate of drug-likeness (QED) is 0.527. The molecule has 1 nitrogen and oxygen atoms in total. The number of methoxy groups -OCH3 is 1. The number of rotatable bonds is 1. The average Bonchev–Trinajstić information content (AvgIpc) is 1.85. The Bertz CT molecular complexity index is 160. The second-order valence-electron chi connectivity index (χ2n) is 3.76. The van der Waals surface area contributed by atoms with Gasteiger partial charge in [0.05, 0.1) is 6.10 Å². The van der Waals surface area contributed by atoms with Gasteiger partial charge in [-0.25, -0.2) is 0 Å². The van der Waals surface area contributed by atoms with Gasteiger partial charge in [0, 0.05) is 7.11 Å². The molecule has 1 aliphatic rings. The van der Waals surface area contributed by atoms with Gasteiger partial charge in [0.25, 0.3) is 0 Å². The molecule has 3 atom stereocenters. The Hall–Kier alpha value is -0.300. The highest BCUT2D eigenvalue weighted by molar-refractivity contribution is 5.12. The number of hydrogen-bond donors (Lipinski definition) is 0. The monoisotopic (exact) mass is 154 g/mol. The molecule has 0 heterocycles. The summed E-state index contributed by atoms with van der Waals surface area (Å²) in [4.78, 5) is 0. The maximum Gasteiger partial charge on any atom is 0.0804 e. The molecule has 1 rings (SSSR count). The van der Waals surface area contributed by atoms with Gasteiger partial charge in [0.2, 0.25) is 0 Å². The van der Waals surface area contributed by atoms with E-state index in [2.05, 4.69) is 26.8 Å². The van der Waals surface area contributed by atoms with Crippen LogP contribution in [0.25, 0.3) is 0 Å². The Morgan fingerprint density at radius 1 is 1.45 bits per heavy atom. The van der Waals surface area contributed by atoms with E-state index in [1.807, 2.05) is 0 Å². The second kappa shape index (κ2) is 3.40. The Balaban J connectivity index is 2.71. The van der Waals surface area contributed by atoms with E-state index in [0.717, 1.165) is 5.92 Å². The van der Waals surface area contributed by atoms with Crippen LogP contribution in [0, 0.1) is 11.8 Å². The molecule has 0 aromatic carbocycles. The van der Waals surface area contributed by atoms with Crippen LogP contribution in [-0.4, -0.2) is 13.2 Å². The number of allylic oxidation sites excluding steroid dienone is 1. The van der Waals surface area contributed by atoms with Crippen LogP contribution in [0.2, 0.25) is 0 Å². The van der Waals surface area contributed by atoms with Crippen LogP contribution in [0.5, 0.6) is 0 Å². The highest BCUT2D eigenvalue weighted by Crippen LogP contribution is 2.29. The zero-order chi connectivity index (χ0) is 8.43. The van der Waals surface area contributed by atoms with Crippen molar-refractivity contribution < 1.29 is 4.74 Å². The van der Waals surface area contributed by atoms with Crippen molar-refractivity contribution >= 4 is 0 Å². The summed E-state index contributed by atoms with van der Waals surface area (Å²) in [6.45, 7) is 6.70. The third kappa shape index (κ3) is 1.84. The van der Waals surface area contributed by atoms with Crippen LogP contribution in [0.4, 0.5) is 0 Å². The SMILES string of the molecule is COC1C(C)=CC(C)CC1C. The lowest BCUT2D eigenvalue weighted by molar-refractivity contribution is 0.0723. The minimum atomic E-state index is 0.367. The summed E-state index contributed by atoms with van der Waals surface area (Å²) in [5.74, 6) is 1.41. The standard InChI is InChI=1S/C10H18O/c1-7-5-8(2)10(11-4)9(3)6-7/h5,7,9-10H,6H2,1-4H3. The molecule has 0 bridgehead atoms. The zero-order valence-corrected chi connectivity index (χ0v) is 7.92. The van der Waals surface area contributed by atoms with Crippen LogP contribution in [0.1, 0.15) is 27.2 Å². The van der Waals surface area contributed by atoms with E-state index in [1.165, 1.54) is 12.0 Å². The molecule has 3 unspecified atom stereocenters. The number of hydrogen-bond acceptors (Lipinski definition) is 1. The first kappa shape index (κ1) is 8.79. The lowest BCUT2D eigenvalue weighted by atomic mass is 9.82. The molecule has 0 spiro atoms. The van der Waals surface area contributed by atoms with Gasteiger partial charge in [0.1, 0.15) is 0 Å². The first-order valence-electron chi connectivity index (χ1n) is 4.36. The molecule has 0 amide bonds. The molecule has 0 radical (unpaired) electrons. The van der Waals surface area contributed by atoms with Crippen LogP contribution in [-0.2, 0) is 4.74 Å². The minimum Gasteiger partial charge on any atom is -0.377 e. The fraction of sp³-hybridized carbons (Fsp3) is 0.800. The van der Waals surface area contributed by atoms with Gasteiger partial charge in [-0.15, -0.1) is 0 Å². The molecule has 0 aromatic heterocycles. The lowest BCUT2D eigenvalue weighted by Gasteiger charge is -2.30. The molecule has 0 N–H and O–H groups in total. The first-order valence-corrected chi connectivity index (χ1v) is 4.36. The Kier molecular flexibility index (Phi) is 2.72. The lowest BCUT2D eigenvalue weighted by Crippen LogP contribution is -2.27. The van der Waals surface area contributed by atoms with Crippen molar-refractivity contribution in [3.8, 4) is 0 Å². The van der Waals surface area contributed by atoms with Crippen molar-refractivity contribution in [3.63, 3.8) is 0 Å². The Morgan fingerprint density at radius 3 is 2.55 bits per heavy atom. The number of ether oxygens (including phenoxy) is 1. The van der Waals surface area contributed by atoms with E-state index >= 15 is 0 Å². The van der Waals surface area contributed by atoms with Crippen LogP contribution >= 0.6 is 0 Å². The van der Waals surface area contributed by atoms with Crippen molar-refractivity contribution in [3.05, 3.63) is 11.6 Å². The Morgan fingerprint density at radius 2 is 2.09 bits per heavy atom. The summed E-state index contributed by atoms with van der Waals surface area (Å²) < 4.78 is 5.40. The van der Waals surface area contributed by atoms with Crippen LogP contribution in [0.3, 0.4) is 0 Å². The fourth-order valence-electron chi connectivity index (χ4n) is 2.19. The van der Waals surface area contributed by atoms with Crippen molar-refractivity contribution in [2.24, 2.45) is 11.8 Å². The summed E-state index contributed by atoms with van der Waals surface area (Å²) in [5, 5.41) is 0. The molecule has 1 heteroatoms. The molecule has 0 fully saturated rings. The van der Waals surface area contributed by atoms with Crippen LogP contribution in [0.15, 0.2) is 11.6 Å². The predicted molar refractivity (Wildman–Crippen MR) is 47.5 cm³/mol. The van der Waals surface area contributed by atoms with Crippen molar-refractivity contribution in [2.75, 3.05) is 7.11 Å². The summed E-state index contributed by atoms with van der Waals surface area (Å²) in [6, 6.07) is 0. The topological polar surface area (TPSA) is 9.23 Å². The third-order valence-electron chi connectivity index (χ3n) is 2.51. The van der Waals surface area contributed by atoms with E-state index in [0.29, 0.717) is 12.0 Å². The maximum atomic E-state index is 5.40. The van der Waals surface area contributed by atoms with Gasteiger partial charge in [0.15, 0.2) is 0 Å². The van der Waals surface area contributed by atoms with E-state index in [9.17, 15) is 0 Å². The highest BCUT2D eigenvalue weighted by atomic mass is 16.5. The molecule has 0 saturated heterocycles. The maximum absolute atomic E-state index is 5.40. The van der Waals surface area contributed by atoms with E-state index in [-0.39, 0.29) is 0 Å². The third-order valence-corrected chi connectivity index (χ3v) is 2.51. The Labute approximate surface area is 69.4 Å². The molecule has 0 aromatic rings. The van der Waals surface area contributed by atoms with Crippen molar-refractivity contribution in [1.29, 1.82) is 0 Å². The molecule has 11 heavy (non-hydrogen) atoms. The van der Waals surface area contributed by atoms with Gasteiger partial charge in [-0.2, -0.15) is 0 Å². The van der Waals surface area contributed by atoms with Gasteiger partial charge >= 0.3 is 0 Å². The van der Waals surface area contributed by atoms with Gasteiger partial charge in [-0.1, -0.05) is 19.9 Å². The molecule has 0 aliphatic heterocycles. The first-order chi connectivity index (χ1) is 5.15. The van der Waals surface area contributed by atoms with Crippen molar-refractivity contribution in [1.82, 2.24) is 0 Å². The van der Waals surface area contributed by atoms with E-state index in [1.54, 1.807) is 7.11 Å². The molecule has 64 valence electrons.